The molecular formula is C11H16F3N3. The molecule has 3 nitrogen and oxygen atoms in total. The van der Waals surface area contributed by atoms with E-state index in [1.54, 1.807) is 13.2 Å². The van der Waals surface area contributed by atoms with E-state index in [0.29, 0.717) is 12.4 Å². The molecule has 1 aromatic rings. The van der Waals surface area contributed by atoms with Gasteiger partial charge in [0.2, 0.25) is 0 Å². The highest BCUT2D eigenvalue weighted by atomic mass is 19.4. The van der Waals surface area contributed by atoms with Gasteiger partial charge < -0.3 is 10.6 Å². The monoisotopic (exact) mass is 247 g/mol. The van der Waals surface area contributed by atoms with E-state index in [1.807, 2.05) is 13.0 Å². The molecule has 1 heterocycles. The quantitative estimate of drug-likeness (QED) is 0.887. The molecule has 0 unspecified atom stereocenters. The van der Waals surface area contributed by atoms with E-state index in [-0.39, 0.29) is 6.54 Å². The van der Waals surface area contributed by atoms with Crippen LogP contribution in [0, 0.1) is 6.92 Å². The maximum atomic E-state index is 12.1. The van der Waals surface area contributed by atoms with Crippen LogP contribution in [-0.4, -0.2) is 24.8 Å². The molecule has 2 N–H and O–H groups in total. The molecule has 0 radical (unpaired) electrons. The van der Waals surface area contributed by atoms with E-state index >= 15 is 0 Å². The van der Waals surface area contributed by atoms with Crippen LogP contribution in [-0.2, 0) is 6.54 Å². The Morgan fingerprint density at radius 1 is 1.41 bits per heavy atom. The molecule has 0 amide bonds. The molecule has 96 valence electrons. The number of alkyl halides is 3. The maximum Gasteiger partial charge on any atom is 0.390 e. The van der Waals surface area contributed by atoms with E-state index < -0.39 is 12.6 Å². The summed E-state index contributed by atoms with van der Waals surface area (Å²) in [5.41, 5.74) is 7.16. The zero-order valence-corrected chi connectivity index (χ0v) is 9.88. The molecular weight excluding hydrogens is 231 g/mol. The van der Waals surface area contributed by atoms with E-state index in [0.717, 1.165) is 11.1 Å². The highest BCUT2D eigenvalue weighted by Gasteiger charge is 2.27. The van der Waals surface area contributed by atoms with Crippen molar-refractivity contribution in [3.05, 3.63) is 23.4 Å². The number of aromatic nitrogens is 1. The zero-order valence-electron chi connectivity index (χ0n) is 9.88. The summed E-state index contributed by atoms with van der Waals surface area (Å²) in [6, 6.07) is 1.84. The first-order valence-electron chi connectivity index (χ1n) is 5.27. The lowest BCUT2D eigenvalue weighted by molar-refractivity contribution is -0.132. The van der Waals surface area contributed by atoms with Crippen LogP contribution in [0.2, 0.25) is 0 Å². The number of hydrogen-bond donors (Lipinski definition) is 1. The maximum absolute atomic E-state index is 12.1. The van der Waals surface area contributed by atoms with Crippen LogP contribution < -0.4 is 10.6 Å². The molecule has 0 atom stereocenters. The van der Waals surface area contributed by atoms with Crippen molar-refractivity contribution in [3.63, 3.8) is 0 Å². The lowest BCUT2D eigenvalue weighted by Gasteiger charge is -2.21. The molecule has 0 aliphatic rings. The number of pyridine rings is 1. The van der Waals surface area contributed by atoms with Gasteiger partial charge in [-0.05, 0) is 24.1 Å². The Bertz CT molecular complexity index is 377. The number of aryl methyl sites for hydroxylation is 1. The first-order valence-corrected chi connectivity index (χ1v) is 5.27. The van der Waals surface area contributed by atoms with Gasteiger partial charge >= 0.3 is 6.18 Å². The fraction of sp³-hybridized carbons (Fsp3) is 0.545. The normalized spacial score (nSPS) is 11.6. The van der Waals surface area contributed by atoms with Crippen LogP contribution in [0.1, 0.15) is 17.5 Å². The topological polar surface area (TPSA) is 42.1 Å². The lowest BCUT2D eigenvalue weighted by Crippen LogP contribution is -2.25. The summed E-state index contributed by atoms with van der Waals surface area (Å²) in [4.78, 5) is 5.63. The van der Waals surface area contributed by atoms with Gasteiger partial charge in [0.15, 0.2) is 0 Å². The van der Waals surface area contributed by atoms with Crippen molar-refractivity contribution in [2.45, 2.75) is 26.1 Å². The van der Waals surface area contributed by atoms with Gasteiger partial charge in [-0.15, -0.1) is 0 Å². The summed E-state index contributed by atoms with van der Waals surface area (Å²) in [6.45, 7) is 2.09. The third kappa shape index (κ3) is 4.22. The minimum Gasteiger partial charge on any atom is -0.359 e. The second-order valence-electron chi connectivity index (χ2n) is 3.97. The smallest absolute Gasteiger partial charge is 0.359 e. The predicted molar refractivity (Wildman–Crippen MR) is 60.8 cm³/mol. The average Bonchev–Trinajstić information content (AvgIpc) is 2.24. The standard InChI is InChI=1S/C11H16F3N3/c1-8-5-9(6-15)7-16-10(8)17(2)4-3-11(12,13)14/h5,7H,3-4,6,15H2,1-2H3. The fourth-order valence-electron chi connectivity index (χ4n) is 1.54. The molecule has 0 aliphatic heterocycles. The molecule has 0 aromatic carbocycles. The van der Waals surface area contributed by atoms with Crippen molar-refractivity contribution in [3.8, 4) is 0 Å². The largest absolute Gasteiger partial charge is 0.390 e. The highest BCUT2D eigenvalue weighted by molar-refractivity contribution is 5.46. The summed E-state index contributed by atoms with van der Waals surface area (Å²) < 4.78 is 36.3. The Balaban J connectivity index is 2.72. The van der Waals surface area contributed by atoms with Crippen LogP contribution in [0.4, 0.5) is 19.0 Å². The Morgan fingerprint density at radius 2 is 2.06 bits per heavy atom. The van der Waals surface area contributed by atoms with Gasteiger partial charge in [0.1, 0.15) is 5.82 Å². The van der Waals surface area contributed by atoms with E-state index in [2.05, 4.69) is 4.98 Å². The average molecular weight is 247 g/mol. The minimum absolute atomic E-state index is 0.0979. The van der Waals surface area contributed by atoms with E-state index in [9.17, 15) is 13.2 Å². The Kier molecular flexibility index (Phi) is 4.34. The summed E-state index contributed by atoms with van der Waals surface area (Å²) in [6.07, 6.45) is -3.39. The lowest BCUT2D eigenvalue weighted by atomic mass is 10.2. The van der Waals surface area contributed by atoms with Crippen molar-refractivity contribution in [2.75, 3.05) is 18.5 Å². The van der Waals surface area contributed by atoms with Crippen molar-refractivity contribution in [1.82, 2.24) is 4.98 Å². The van der Waals surface area contributed by atoms with Gasteiger partial charge in [0.25, 0.3) is 0 Å². The molecule has 0 aliphatic carbocycles. The number of hydrogen-bond acceptors (Lipinski definition) is 3. The molecule has 1 aromatic heterocycles. The number of halogens is 3. The third-order valence-electron chi connectivity index (χ3n) is 2.44. The third-order valence-corrected chi connectivity index (χ3v) is 2.44. The van der Waals surface area contributed by atoms with Gasteiger partial charge in [-0.25, -0.2) is 4.98 Å². The molecule has 0 spiro atoms. The van der Waals surface area contributed by atoms with Crippen molar-refractivity contribution < 1.29 is 13.2 Å². The summed E-state index contributed by atoms with van der Waals surface area (Å²) in [5.74, 6) is 0.562. The number of rotatable bonds is 4. The molecule has 1 rings (SSSR count). The minimum atomic E-state index is -4.14. The molecule has 0 fully saturated rings. The molecule has 0 bridgehead atoms. The number of anilines is 1. The van der Waals surface area contributed by atoms with Gasteiger partial charge in [0, 0.05) is 26.3 Å². The molecule has 0 saturated heterocycles. The van der Waals surface area contributed by atoms with Crippen LogP contribution in [0.25, 0.3) is 0 Å². The van der Waals surface area contributed by atoms with Crippen LogP contribution in [0.5, 0.6) is 0 Å². The molecule has 6 heteroatoms. The first-order chi connectivity index (χ1) is 7.83. The van der Waals surface area contributed by atoms with Crippen molar-refractivity contribution >= 4 is 5.82 Å². The molecule has 0 saturated carbocycles. The predicted octanol–water partition coefficient (Wildman–Crippen LogP) is 2.24. The Hall–Kier alpha value is -1.30. The van der Waals surface area contributed by atoms with Crippen molar-refractivity contribution in [1.29, 1.82) is 0 Å². The highest BCUT2D eigenvalue weighted by Crippen LogP contribution is 2.22. The van der Waals surface area contributed by atoms with Crippen LogP contribution in [0.3, 0.4) is 0 Å². The summed E-state index contributed by atoms with van der Waals surface area (Å²) >= 11 is 0. The van der Waals surface area contributed by atoms with Gasteiger partial charge in [-0.1, -0.05) is 0 Å². The second-order valence-corrected chi connectivity index (χ2v) is 3.97. The summed E-state index contributed by atoms with van der Waals surface area (Å²) in [5, 5.41) is 0. The van der Waals surface area contributed by atoms with Gasteiger partial charge in [-0.2, -0.15) is 13.2 Å². The SMILES string of the molecule is Cc1cc(CN)cnc1N(C)CCC(F)(F)F. The number of nitrogens with two attached hydrogens (primary N) is 1. The fourth-order valence-corrected chi connectivity index (χ4v) is 1.54. The van der Waals surface area contributed by atoms with Crippen molar-refractivity contribution in [2.24, 2.45) is 5.73 Å². The first kappa shape index (κ1) is 13.8. The van der Waals surface area contributed by atoms with Crippen LogP contribution >= 0.6 is 0 Å². The van der Waals surface area contributed by atoms with Crippen LogP contribution in [0.15, 0.2) is 12.3 Å². The second kappa shape index (κ2) is 5.35. The summed E-state index contributed by atoms with van der Waals surface area (Å²) in [7, 11) is 1.60. The Morgan fingerprint density at radius 3 is 2.53 bits per heavy atom. The van der Waals surface area contributed by atoms with E-state index in [1.165, 1.54) is 4.90 Å². The number of nitrogens with zero attached hydrogens (tertiary/aromatic N) is 2. The van der Waals surface area contributed by atoms with E-state index in [4.69, 9.17) is 5.73 Å². The zero-order chi connectivity index (χ0) is 13.1. The Labute approximate surface area is 98.4 Å². The molecule has 17 heavy (non-hydrogen) atoms. The van der Waals surface area contributed by atoms with Gasteiger partial charge in [-0.3, -0.25) is 0 Å². The van der Waals surface area contributed by atoms with Gasteiger partial charge in [0.05, 0.1) is 6.42 Å².